The van der Waals surface area contributed by atoms with E-state index in [4.69, 9.17) is 0 Å². The van der Waals surface area contributed by atoms with E-state index in [1.54, 1.807) is 6.92 Å². The Labute approximate surface area is 160 Å². The second-order valence-corrected chi connectivity index (χ2v) is 7.53. The lowest BCUT2D eigenvalue weighted by atomic mass is 10.2. The van der Waals surface area contributed by atoms with E-state index >= 15 is 0 Å². The van der Waals surface area contributed by atoms with E-state index in [0.717, 1.165) is 15.4 Å². The Morgan fingerprint density at radius 3 is 2.38 bits per heavy atom. The molecule has 26 heavy (non-hydrogen) atoms. The Morgan fingerprint density at radius 2 is 1.73 bits per heavy atom. The summed E-state index contributed by atoms with van der Waals surface area (Å²) < 4.78 is 40.4. The number of hydrogen-bond donors (Lipinski definition) is 2. The van der Waals surface area contributed by atoms with Gasteiger partial charge in [0.25, 0.3) is 0 Å². The zero-order valence-electron chi connectivity index (χ0n) is 13.5. The topological polar surface area (TPSA) is 58.2 Å². The molecule has 2 aromatic rings. The van der Waals surface area contributed by atoms with Gasteiger partial charge in [0.05, 0.1) is 17.5 Å². The number of thioether (sulfide) groups is 1. The van der Waals surface area contributed by atoms with Crippen molar-refractivity contribution in [3.8, 4) is 0 Å². The van der Waals surface area contributed by atoms with Crippen molar-refractivity contribution in [1.29, 1.82) is 0 Å². The number of carbonyl (C=O) groups excluding carboxylic acids is 2. The van der Waals surface area contributed by atoms with Gasteiger partial charge in [-0.15, -0.1) is 11.8 Å². The first-order valence-corrected chi connectivity index (χ1v) is 9.08. The van der Waals surface area contributed by atoms with Crippen molar-refractivity contribution in [1.82, 2.24) is 5.32 Å². The van der Waals surface area contributed by atoms with Crippen molar-refractivity contribution in [3.63, 3.8) is 0 Å². The molecule has 1 unspecified atom stereocenters. The van der Waals surface area contributed by atoms with Crippen molar-refractivity contribution in [2.45, 2.75) is 17.1 Å². The molecule has 2 amide bonds. The zero-order chi connectivity index (χ0) is 19.3. The molecule has 1 atom stereocenters. The normalized spacial score (nSPS) is 11.7. The van der Waals surface area contributed by atoms with Crippen LogP contribution in [0.1, 0.15) is 6.92 Å². The summed E-state index contributed by atoms with van der Waals surface area (Å²) in [5.41, 5.74) is -0.500. The lowest BCUT2D eigenvalue weighted by Gasteiger charge is -2.12. The van der Waals surface area contributed by atoms with E-state index < -0.39 is 40.8 Å². The quantitative estimate of drug-likeness (QED) is 0.518. The van der Waals surface area contributed by atoms with Crippen molar-refractivity contribution in [3.05, 3.63) is 58.3 Å². The van der Waals surface area contributed by atoms with Gasteiger partial charge in [-0.2, -0.15) is 0 Å². The molecular weight excluding hydrogens is 433 g/mol. The molecule has 0 fully saturated rings. The smallest absolute Gasteiger partial charge is 0.243 e. The maximum absolute atomic E-state index is 13.5. The van der Waals surface area contributed by atoms with Gasteiger partial charge < -0.3 is 10.6 Å². The van der Waals surface area contributed by atoms with Crippen LogP contribution in [0.25, 0.3) is 0 Å². The molecule has 0 aromatic heterocycles. The SMILES string of the molecule is CC(Sc1ccc(Br)cc1)C(=O)NCC(=O)Nc1ccc(F)c(F)c1F. The van der Waals surface area contributed by atoms with Gasteiger partial charge in [0.2, 0.25) is 11.8 Å². The zero-order valence-corrected chi connectivity index (χ0v) is 15.9. The summed E-state index contributed by atoms with van der Waals surface area (Å²) in [5, 5.41) is 4.02. The largest absolute Gasteiger partial charge is 0.346 e. The van der Waals surface area contributed by atoms with Crippen LogP contribution in [0.3, 0.4) is 0 Å². The van der Waals surface area contributed by atoms with Crippen molar-refractivity contribution in [2.24, 2.45) is 0 Å². The Bertz CT molecular complexity index is 818. The Hall–Kier alpha value is -2.00. The molecule has 0 bridgehead atoms. The number of hydrogen-bond acceptors (Lipinski definition) is 3. The van der Waals surface area contributed by atoms with Crippen LogP contribution >= 0.6 is 27.7 Å². The molecule has 4 nitrogen and oxygen atoms in total. The maximum atomic E-state index is 13.5. The second kappa shape index (κ2) is 9.09. The fourth-order valence-electron chi connectivity index (χ4n) is 1.90. The monoisotopic (exact) mass is 446 g/mol. The number of benzene rings is 2. The van der Waals surface area contributed by atoms with Gasteiger partial charge in [-0.1, -0.05) is 15.9 Å². The van der Waals surface area contributed by atoms with Gasteiger partial charge in [-0.05, 0) is 43.3 Å². The van der Waals surface area contributed by atoms with Gasteiger partial charge in [-0.25, -0.2) is 13.2 Å². The minimum atomic E-state index is -1.67. The first-order chi connectivity index (χ1) is 12.3. The summed E-state index contributed by atoms with van der Waals surface area (Å²) in [4.78, 5) is 24.7. The highest BCUT2D eigenvalue weighted by Crippen LogP contribution is 2.25. The number of anilines is 1. The van der Waals surface area contributed by atoms with Crippen LogP contribution < -0.4 is 10.6 Å². The molecular formula is C17H14BrF3N2O2S. The van der Waals surface area contributed by atoms with Crippen LogP contribution in [0, 0.1) is 17.5 Å². The summed E-state index contributed by atoms with van der Waals surface area (Å²) in [6.45, 7) is 1.25. The maximum Gasteiger partial charge on any atom is 0.243 e. The number of nitrogens with one attached hydrogen (secondary N) is 2. The van der Waals surface area contributed by atoms with Gasteiger partial charge in [0.1, 0.15) is 0 Å². The first-order valence-electron chi connectivity index (χ1n) is 7.41. The van der Waals surface area contributed by atoms with Gasteiger partial charge in [-0.3, -0.25) is 9.59 Å². The van der Waals surface area contributed by atoms with Gasteiger partial charge >= 0.3 is 0 Å². The molecule has 0 aliphatic rings. The molecule has 0 saturated carbocycles. The molecule has 2 N–H and O–H groups in total. The van der Waals surface area contributed by atoms with Gasteiger partial charge in [0.15, 0.2) is 17.5 Å². The highest BCUT2D eigenvalue weighted by Gasteiger charge is 2.17. The van der Waals surface area contributed by atoms with Crippen molar-refractivity contribution in [2.75, 3.05) is 11.9 Å². The summed E-state index contributed by atoms with van der Waals surface area (Å²) in [5.74, 6) is -5.68. The molecule has 9 heteroatoms. The molecule has 2 aromatic carbocycles. The van der Waals surface area contributed by atoms with Crippen LogP contribution in [0.15, 0.2) is 45.8 Å². The molecule has 0 heterocycles. The predicted octanol–water partition coefficient (Wildman–Crippen LogP) is 4.10. The van der Waals surface area contributed by atoms with Crippen LogP contribution in [-0.4, -0.2) is 23.6 Å². The first kappa shape index (κ1) is 20.3. The standard InChI is InChI=1S/C17H14BrF3N2O2S/c1-9(26-11-4-2-10(18)3-5-11)17(25)22-8-14(24)23-13-7-6-12(19)15(20)16(13)21/h2-7,9H,8H2,1H3,(H,22,25)(H,23,24). The minimum absolute atomic E-state index is 0.390. The predicted molar refractivity (Wildman–Crippen MR) is 97.4 cm³/mol. The number of amides is 2. The van der Waals surface area contributed by atoms with E-state index in [-0.39, 0.29) is 5.91 Å². The van der Waals surface area contributed by atoms with Gasteiger partial charge in [0, 0.05) is 9.37 Å². The molecule has 0 aliphatic heterocycles. The van der Waals surface area contributed by atoms with Crippen molar-refractivity contribution < 1.29 is 22.8 Å². The Kier molecular flexibility index (Phi) is 7.10. The second-order valence-electron chi connectivity index (χ2n) is 5.20. The molecule has 2 rings (SSSR count). The van der Waals surface area contributed by atoms with E-state index in [0.29, 0.717) is 6.07 Å². The van der Waals surface area contributed by atoms with Crippen LogP contribution in [0.2, 0.25) is 0 Å². The van der Waals surface area contributed by atoms with Crippen molar-refractivity contribution >= 4 is 45.2 Å². The summed E-state index contributed by atoms with van der Waals surface area (Å²) in [6.07, 6.45) is 0. The third-order valence-electron chi connectivity index (χ3n) is 3.23. The summed E-state index contributed by atoms with van der Waals surface area (Å²) >= 11 is 4.62. The highest BCUT2D eigenvalue weighted by atomic mass is 79.9. The number of carbonyl (C=O) groups is 2. The lowest BCUT2D eigenvalue weighted by Crippen LogP contribution is -2.37. The van der Waals surface area contributed by atoms with E-state index in [9.17, 15) is 22.8 Å². The van der Waals surface area contributed by atoms with E-state index in [1.807, 2.05) is 24.3 Å². The molecule has 0 radical (unpaired) electrons. The van der Waals surface area contributed by atoms with Crippen LogP contribution in [0.4, 0.5) is 18.9 Å². The summed E-state index contributed by atoms with van der Waals surface area (Å²) in [6, 6.07) is 8.98. The highest BCUT2D eigenvalue weighted by molar-refractivity contribution is 9.10. The third-order valence-corrected chi connectivity index (χ3v) is 4.87. The molecule has 0 saturated heterocycles. The molecule has 0 spiro atoms. The average molecular weight is 447 g/mol. The van der Waals surface area contributed by atoms with Crippen LogP contribution in [-0.2, 0) is 9.59 Å². The lowest BCUT2D eigenvalue weighted by molar-refractivity contribution is -0.123. The Balaban J connectivity index is 1.85. The molecule has 138 valence electrons. The van der Waals surface area contributed by atoms with E-state index in [2.05, 4.69) is 26.6 Å². The molecule has 0 aliphatic carbocycles. The fraction of sp³-hybridized carbons (Fsp3) is 0.176. The van der Waals surface area contributed by atoms with E-state index in [1.165, 1.54) is 11.8 Å². The minimum Gasteiger partial charge on any atom is -0.346 e. The van der Waals surface area contributed by atoms with Crippen LogP contribution in [0.5, 0.6) is 0 Å². The fourth-order valence-corrected chi connectivity index (χ4v) is 3.05. The summed E-state index contributed by atoms with van der Waals surface area (Å²) in [7, 11) is 0. The third kappa shape index (κ3) is 5.50. The average Bonchev–Trinajstić information content (AvgIpc) is 2.62. The Morgan fingerprint density at radius 1 is 1.08 bits per heavy atom. The number of halogens is 4. The number of rotatable bonds is 6.